The number of likely N-dealkylation sites (N-methyl/N-ethyl adjacent to an activating group) is 1. The monoisotopic (exact) mass is 475 g/mol. The number of halogens is 2. The van der Waals surface area contributed by atoms with Crippen molar-refractivity contribution in [3.8, 4) is 16.9 Å². The molecule has 29 heavy (non-hydrogen) atoms. The van der Waals surface area contributed by atoms with E-state index in [9.17, 15) is 4.79 Å². The molecule has 2 heterocycles. The van der Waals surface area contributed by atoms with Gasteiger partial charge in [0.05, 0.1) is 11.3 Å². The van der Waals surface area contributed by atoms with E-state index >= 15 is 0 Å². The first-order valence-electron chi connectivity index (χ1n) is 9.25. The number of nitrogens with zero attached hydrogens (tertiary/aromatic N) is 4. The minimum absolute atomic E-state index is 0. The summed E-state index contributed by atoms with van der Waals surface area (Å²) >= 11 is 3.51. The molecule has 6 nitrogen and oxygen atoms in total. The topological polar surface area (TPSA) is 53.4 Å². The largest absolute Gasteiger partial charge is 0.304 e. The van der Waals surface area contributed by atoms with Crippen molar-refractivity contribution in [3.05, 3.63) is 70.8 Å². The molecule has 1 aromatic heterocycles. The van der Waals surface area contributed by atoms with E-state index in [2.05, 4.69) is 33.3 Å². The molecule has 3 aromatic rings. The minimum Gasteiger partial charge on any atom is -0.304 e. The second kappa shape index (κ2) is 9.54. The van der Waals surface area contributed by atoms with Gasteiger partial charge in [0.1, 0.15) is 5.69 Å². The van der Waals surface area contributed by atoms with Crippen molar-refractivity contribution in [2.75, 3.05) is 33.2 Å². The summed E-state index contributed by atoms with van der Waals surface area (Å²) in [6.07, 6.45) is 1.80. The molecule has 1 amide bonds. The first-order chi connectivity index (χ1) is 13.6. The zero-order chi connectivity index (χ0) is 19.5. The summed E-state index contributed by atoms with van der Waals surface area (Å²) in [7, 11) is 2.09. The third-order valence-electron chi connectivity index (χ3n) is 4.84. The first-order valence-corrected chi connectivity index (χ1v) is 10.0. The van der Waals surface area contributed by atoms with E-state index in [0.717, 1.165) is 41.9 Å². The van der Waals surface area contributed by atoms with Crippen LogP contribution >= 0.6 is 28.3 Å². The molecule has 0 aliphatic carbocycles. The molecule has 152 valence electrons. The van der Waals surface area contributed by atoms with Gasteiger partial charge in [-0.2, -0.15) is 5.10 Å². The maximum absolute atomic E-state index is 13.1. The molecule has 1 N–H and O–H groups in total. The fourth-order valence-electron chi connectivity index (χ4n) is 3.22. The molecule has 0 radical (unpaired) electrons. The average molecular weight is 477 g/mol. The Balaban J connectivity index is 0.00000240. The Bertz CT molecular complexity index is 970. The zero-order valence-electron chi connectivity index (χ0n) is 16.1. The van der Waals surface area contributed by atoms with Crippen LogP contribution in [0, 0.1) is 0 Å². The number of benzene rings is 2. The molecule has 8 heteroatoms. The third kappa shape index (κ3) is 5.05. The van der Waals surface area contributed by atoms with E-state index in [1.807, 2.05) is 59.6 Å². The number of hydrogen-bond acceptors (Lipinski definition) is 4. The Kier molecular flexibility index (Phi) is 7.08. The Morgan fingerprint density at radius 1 is 1.03 bits per heavy atom. The second-order valence-corrected chi connectivity index (χ2v) is 7.83. The third-order valence-corrected chi connectivity index (χ3v) is 5.33. The quantitative estimate of drug-likeness (QED) is 0.625. The van der Waals surface area contributed by atoms with Crippen LogP contribution in [0.1, 0.15) is 10.4 Å². The van der Waals surface area contributed by atoms with Gasteiger partial charge in [-0.3, -0.25) is 10.2 Å². The molecule has 0 unspecified atom stereocenters. The van der Waals surface area contributed by atoms with Gasteiger partial charge >= 0.3 is 0 Å². The van der Waals surface area contributed by atoms with Crippen molar-refractivity contribution < 1.29 is 4.79 Å². The predicted octanol–water partition coefficient (Wildman–Crippen LogP) is 3.62. The van der Waals surface area contributed by atoms with Crippen LogP contribution in [-0.2, 0) is 0 Å². The van der Waals surface area contributed by atoms with Gasteiger partial charge in [0, 0.05) is 42.4 Å². The predicted molar refractivity (Wildman–Crippen MR) is 120 cm³/mol. The molecule has 2 aromatic carbocycles. The smallest absolute Gasteiger partial charge is 0.269 e. The van der Waals surface area contributed by atoms with Crippen LogP contribution in [0.4, 0.5) is 0 Å². The minimum atomic E-state index is -0.137. The summed E-state index contributed by atoms with van der Waals surface area (Å²) in [5.41, 5.74) is 6.08. The molecule has 0 spiro atoms. The summed E-state index contributed by atoms with van der Waals surface area (Å²) < 4.78 is 2.71. The highest BCUT2D eigenvalue weighted by Crippen LogP contribution is 2.26. The van der Waals surface area contributed by atoms with Crippen molar-refractivity contribution in [2.24, 2.45) is 0 Å². The highest BCUT2D eigenvalue weighted by atomic mass is 79.9. The molecule has 1 aliphatic rings. The van der Waals surface area contributed by atoms with E-state index in [0.29, 0.717) is 11.3 Å². The van der Waals surface area contributed by atoms with Crippen LogP contribution in [0.2, 0.25) is 0 Å². The van der Waals surface area contributed by atoms with Gasteiger partial charge in [-0.05, 0) is 31.3 Å². The highest BCUT2D eigenvalue weighted by molar-refractivity contribution is 9.10. The average Bonchev–Trinajstić information content (AvgIpc) is 3.16. The van der Waals surface area contributed by atoms with Crippen LogP contribution in [0.3, 0.4) is 0 Å². The second-order valence-electron chi connectivity index (χ2n) is 6.91. The number of hydrazine groups is 1. The van der Waals surface area contributed by atoms with E-state index in [1.54, 1.807) is 10.9 Å². The number of carbonyl (C=O) groups is 1. The lowest BCUT2D eigenvalue weighted by molar-refractivity contribution is 0.0663. The zero-order valence-corrected chi connectivity index (χ0v) is 18.5. The van der Waals surface area contributed by atoms with Gasteiger partial charge in [0.15, 0.2) is 0 Å². The summed E-state index contributed by atoms with van der Waals surface area (Å²) in [5.74, 6) is -0.137. The van der Waals surface area contributed by atoms with Crippen LogP contribution < -0.4 is 5.43 Å². The van der Waals surface area contributed by atoms with Gasteiger partial charge in [0.2, 0.25) is 0 Å². The van der Waals surface area contributed by atoms with Gasteiger partial charge in [-0.15, -0.1) is 12.4 Å². The maximum Gasteiger partial charge on any atom is 0.269 e. The molecule has 1 aliphatic heterocycles. The van der Waals surface area contributed by atoms with Crippen molar-refractivity contribution in [1.29, 1.82) is 0 Å². The van der Waals surface area contributed by atoms with Gasteiger partial charge in [-0.25, -0.2) is 9.69 Å². The molecule has 1 saturated heterocycles. The molecular formula is C21H23BrClN5O. The van der Waals surface area contributed by atoms with E-state index in [-0.39, 0.29) is 18.3 Å². The standard InChI is InChI=1S/C21H22BrN5O.ClH/c1-25-10-12-26(13-11-25)24-21(28)19-15-27(18-8-3-2-4-9-18)23-20(19)16-6-5-7-17(22)14-16;/h2-9,14-15H,10-13H2,1H3,(H,24,28);1H. The molecule has 1 fully saturated rings. The van der Waals surface area contributed by atoms with Crippen LogP contribution in [-0.4, -0.2) is 58.8 Å². The van der Waals surface area contributed by atoms with Crippen molar-refractivity contribution in [2.45, 2.75) is 0 Å². The number of amides is 1. The van der Waals surface area contributed by atoms with Crippen molar-refractivity contribution in [3.63, 3.8) is 0 Å². The lowest BCUT2D eigenvalue weighted by atomic mass is 10.1. The number of carbonyl (C=O) groups excluding carboxylic acids is 1. The Morgan fingerprint density at radius 2 is 1.76 bits per heavy atom. The van der Waals surface area contributed by atoms with Crippen molar-refractivity contribution in [1.82, 2.24) is 25.1 Å². The van der Waals surface area contributed by atoms with Gasteiger partial charge in [0.25, 0.3) is 5.91 Å². The first kappa shape index (κ1) is 21.5. The lowest BCUT2D eigenvalue weighted by Crippen LogP contribution is -2.52. The molecule has 0 bridgehead atoms. The van der Waals surface area contributed by atoms with E-state index < -0.39 is 0 Å². The summed E-state index contributed by atoms with van der Waals surface area (Å²) in [4.78, 5) is 15.3. The van der Waals surface area contributed by atoms with Gasteiger partial charge in [-0.1, -0.05) is 46.3 Å². The van der Waals surface area contributed by atoms with Crippen LogP contribution in [0.25, 0.3) is 16.9 Å². The number of rotatable bonds is 4. The molecule has 0 saturated carbocycles. The summed E-state index contributed by atoms with van der Waals surface area (Å²) in [6.45, 7) is 3.48. The number of hydrogen-bond donors (Lipinski definition) is 1. The highest BCUT2D eigenvalue weighted by Gasteiger charge is 2.22. The van der Waals surface area contributed by atoms with Crippen molar-refractivity contribution >= 4 is 34.2 Å². The lowest BCUT2D eigenvalue weighted by Gasteiger charge is -2.32. The number of aromatic nitrogens is 2. The fraction of sp³-hybridized carbons (Fsp3) is 0.238. The summed E-state index contributed by atoms with van der Waals surface area (Å²) in [5, 5.41) is 6.71. The Hall–Kier alpha value is -2.19. The number of para-hydroxylation sites is 1. The van der Waals surface area contributed by atoms with Gasteiger partial charge < -0.3 is 4.90 Å². The van der Waals surface area contributed by atoms with Crippen LogP contribution in [0.5, 0.6) is 0 Å². The molecule has 0 atom stereocenters. The van der Waals surface area contributed by atoms with E-state index in [4.69, 9.17) is 5.10 Å². The molecule has 4 rings (SSSR count). The number of piperazine rings is 1. The normalized spacial score (nSPS) is 15.0. The number of nitrogens with one attached hydrogen (secondary N) is 1. The Morgan fingerprint density at radius 3 is 2.45 bits per heavy atom. The van der Waals surface area contributed by atoms with Crippen LogP contribution in [0.15, 0.2) is 65.3 Å². The SMILES string of the molecule is CN1CCN(NC(=O)c2cn(-c3ccccc3)nc2-c2cccc(Br)c2)CC1.Cl. The maximum atomic E-state index is 13.1. The Labute approximate surface area is 185 Å². The molecular weight excluding hydrogens is 454 g/mol. The van der Waals surface area contributed by atoms with E-state index in [1.165, 1.54) is 0 Å². The summed E-state index contributed by atoms with van der Waals surface area (Å²) in [6, 6.07) is 17.7. The fourth-order valence-corrected chi connectivity index (χ4v) is 3.62.